The van der Waals surface area contributed by atoms with E-state index in [2.05, 4.69) is 51.6 Å². The number of allylic oxidation sites excluding steroid dienone is 3. The summed E-state index contributed by atoms with van der Waals surface area (Å²) in [6.07, 6.45) is 1.19. The minimum absolute atomic E-state index is 0.612. The number of hydrogen-bond acceptors (Lipinski definition) is 0. The molecule has 1 aliphatic carbocycles. The third kappa shape index (κ3) is 2.27. The van der Waals surface area contributed by atoms with Crippen LogP contribution < -0.4 is 0 Å². The Morgan fingerprint density at radius 1 is 1.18 bits per heavy atom. The van der Waals surface area contributed by atoms with Crippen molar-refractivity contribution in [3.8, 4) is 0 Å². The van der Waals surface area contributed by atoms with Crippen LogP contribution in [0.25, 0.3) is 5.57 Å². The van der Waals surface area contributed by atoms with E-state index in [1.165, 1.54) is 28.4 Å². The number of benzene rings is 1. The zero-order valence-electron chi connectivity index (χ0n) is 10.9. The fraction of sp³-hybridized carbons (Fsp3) is 0.375. The molecule has 0 aliphatic heterocycles. The Morgan fingerprint density at radius 2 is 1.82 bits per heavy atom. The van der Waals surface area contributed by atoms with E-state index in [-0.39, 0.29) is 0 Å². The van der Waals surface area contributed by atoms with E-state index >= 15 is 0 Å². The Bertz CT molecular complexity index is 451. The quantitative estimate of drug-likeness (QED) is 0.719. The van der Waals surface area contributed by atoms with Crippen molar-refractivity contribution in [3.63, 3.8) is 0 Å². The fourth-order valence-electron chi connectivity index (χ4n) is 2.42. The summed E-state index contributed by atoms with van der Waals surface area (Å²) in [6.45, 7) is 10.9. The molecule has 0 radical (unpaired) electrons. The molecule has 0 amide bonds. The van der Waals surface area contributed by atoms with Gasteiger partial charge in [-0.15, -0.1) is 0 Å². The van der Waals surface area contributed by atoms with Crippen molar-refractivity contribution < 1.29 is 0 Å². The molecule has 0 heterocycles. The van der Waals surface area contributed by atoms with E-state index in [0.717, 1.165) is 0 Å². The second kappa shape index (κ2) is 5.25. The molecule has 1 heteroatoms. The Kier molecular flexibility index (Phi) is 3.91. The molecule has 0 bridgehead atoms. The van der Waals surface area contributed by atoms with Crippen LogP contribution in [-0.4, -0.2) is 15.0 Å². The van der Waals surface area contributed by atoms with Gasteiger partial charge in [0.15, 0.2) is 0 Å². The summed E-state index contributed by atoms with van der Waals surface area (Å²) in [5, 5.41) is 1.27. The van der Waals surface area contributed by atoms with E-state index < -0.39 is 0 Å². The zero-order valence-corrected chi connectivity index (χ0v) is 12.6. The molecule has 1 aromatic rings. The summed E-state index contributed by atoms with van der Waals surface area (Å²) in [5.41, 5.74) is 5.74. The van der Waals surface area contributed by atoms with Crippen molar-refractivity contribution >= 4 is 20.5 Å². The van der Waals surface area contributed by atoms with Gasteiger partial charge in [0.05, 0.1) is 0 Å². The zero-order chi connectivity index (χ0) is 12.4. The van der Waals surface area contributed by atoms with Crippen LogP contribution in [0.5, 0.6) is 0 Å². The molecule has 2 rings (SSSR count). The molecule has 0 N–H and O–H groups in total. The first-order chi connectivity index (χ1) is 8.19. The maximum atomic E-state index is 4.26. The summed E-state index contributed by atoms with van der Waals surface area (Å²) in [5.74, 6) is 0.612. The Labute approximate surface area is 111 Å². The number of rotatable bonds is 4. The molecule has 1 aromatic carbocycles. The first-order valence-corrected chi connectivity index (χ1v) is 8.39. The van der Waals surface area contributed by atoms with Crippen molar-refractivity contribution in [1.29, 1.82) is 0 Å². The molecule has 0 saturated carbocycles. The molecule has 1 atom stereocenters. The molecule has 90 valence electrons. The van der Waals surface area contributed by atoms with Crippen LogP contribution >= 0.6 is 0 Å². The molecule has 0 nitrogen and oxygen atoms in total. The summed E-state index contributed by atoms with van der Waals surface area (Å²) < 4.78 is 1.58. The van der Waals surface area contributed by atoms with Gasteiger partial charge in [-0.2, -0.15) is 0 Å². The van der Waals surface area contributed by atoms with Crippen LogP contribution in [0.2, 0.25) is 5.32 Å². The number of aryl methyl sites for hydroxylation is 1. The van der Waals surface area contributed by atoms with Crippen LogP contribution in [0.4, 0.5) is 0 Å². The normalized spacial score (nSPS) is 19.5. The first kappa shape index (κ1) is 12.7. The molecular weight excluding hydrogens is 271 g/mol. The molecule has 0 fully saturated rings. The average Bonchev–Trinajstić information content (AvgIpc) is 2.34. The van der Waals surface area contributed by atoms with Gasteiger partial charge in [-0.05, 0) is 0 Å². The Morgan fingerprint density at radius 3 is 2.35 bits per heavy atom. The molecule has 17 heavy (non-hydrogen) atoms. The predicted molar refractivity (Wildman–Crippen MR) is 77.3 cm³/mol. The molecule has 0 spiro atoms. The van der Waals surface area contributed by atoms with Gasteiger partial charge in [0.2, 0.25) is 0 Å². The molecule has 1 unspecified atom stereocenters. The molecule has 1 aliphatic rings. The molecular formula is C16H20Se. The van der Waals surface area contributed by atoms with Gasteiger partial charge in [0, 0.05) is 0 Å². The standard InChI is InChI=1S/C16H20Se/c1-5-14-12(4)16(17-6-2)15(14)13-9-7-11(3)8-10-13/h7-10,14H,4-6H2,1-3H3. The van der Waals surface area contributed by atoms with Gasteiger partial charge >= 0.3 is 111 Å². The van der Waals surface area contributed by atoms with Crippen molar-refractivity contribution in [2.24, 2.45) is 5.92 Å². The molecule has 0 saturated heterocycles. The first-order valence-electron chi connectivity index (χ1n) is 6.32. The van der Waals surface area contributed by atoms with Gasteiger partial charge in [-0.1, -0.05) is 0 Å². The van der Waals surface area contributed by atoms with Crippen molar-refractivity contribution in [2.45, 2.75) is 32.5 Å². The fourth-order valence-corrected chi connectivity index (χ4v) is 4.58. The van der Waals surface area contributed by atoms with Gasteiger partial charge in [-0.25, -0.2) is 0 Å². The average molecular weight is 291 g/mol. The summed E-state index contributed by atoms with van der Waals surface area (Å²) in [4.78, 5) is 0. The van der Waals surface area contributed by atoms with Crippen LogP contribution in [0.15, 0.2) is 40.9 Å². The summed E-state index contributed by atoms with van der Waals surface area (Å²) in [6, 6.07) is 8.97. The van der Waals surface area contributed by atoms with E-state index in [1.54, 1.807) is 10.0 Å². The maximum absolute atomic E-state index is 4.26. The van der Waals surface area contributed by atoms with Crippen LogP contribution in [0, 0.1) is 12.8 Å². The minimum atomic E-state index is 0.612. The monoisotopic (exact) mass is 292 g/mol. The summed E-state index contributed by atoms with van der Waals surface area (Å²) in [7, 11) is 0. The van der Waals surface area contributed by atoms with Crippen molar-refractivity contribution in [1.82, 2.24) is 0 Å². The summed E-state index contributed by atoms with van der Waals surface area (Å²) >= 11 is 0.614. The second-order valence-corrected chi connectivity index (χ2v) is 7.20. The van der Waals surface area contributed by atoms with Crippen molar-refractivity contribution in [2.75, 3.05) is 0 Å². The van der Waals surface area contributed by atoms with Gasteiger partial charge in [-0.3, -0.25) is 0 Å². The van der Waals surface area contributed by atoms with Crippen LogP contribution in [-0.2, 0) is 0 Å². The second-order valence-electron chi connectivity index (χ2n) is 4.53. The van der Waals surface area contributed by atoms with E-state index in [1.807, 2.05) is 0 Å². The molecule has 0 aromatic heterocycles. The topological polar surface area (TPSA) is 0 Å². The third-order valence-corrected chi connectivity index (χ3v) is 5.59. The van der Waals surface area contributed by atoms with E-state index in [4.69, 9.17) is 0 Å². The van der Waals surface area contributed by atoms with Crippen LogP contribution in [0.1, 0.15) is 31.4 Å². The van der Waals surface area contributed by atoms with Gasteiger partial charge < -0.3 is 0 Å². The van der Waals surface area contributed by atoms with E-state index in [0.29, 0.717) is 20.9 Å². The SMILES string of the molecule is C=C1C([Se]CC)=C(c2ccc(C)cc2)C1CC. The third-order valence-electron chi connectivity index (χ3n) is 3.36. The number of hydrogen-bond donors (Lipinski definition) is 0. The van der Waals surface area contributed by atoms with E-state index in [9.17, 15) is 0 Å². The predicted octanol–water partition coefficient (Wildman–Crippen LogP) is 4.44. The van der Waals surface area contributed by atoms with Gasteiger partial charge in [0.1, 0.15) is 0 Å². The Hall–Kier alpha value is -0.781. The Balaban J connectivity index is 2.39. The van der Waals surface area contributed by atoms with Crippen LogP contribution in [0.3, 0.4) is 0 Å². The van der Waals surface area contributed by atoms with Crippen molar-refractivity contribution in [3.05, 3.63) is 52.0 Å². The van der Waals surface area contributed by atoms with Gasteiger partial charge in [0.25, 0.3) is 0 Å².